The van der Waals surface area contributed by atoms with Crippen molar-refractivity contribution in [1.29, 1.82) is 0 Å². The molecular weight excluding hydrogens is 345 g/mol. The average Bonchev–Trinajstić information content (AvgIpc) is 2.42. The summed E-state index contributed by atoms with van der Waals surface area (Å²) >= 11 is 11.8. The Balaban J connectivity index is 2.36. The molecule has 0 aliphatic carbocycles. The first-order valence-electron chi connectivity index (χ1n) is 6.25. The molecule has 2 rings (SSSR count). The van der Waals surface area contributed by atoms with Gasteiger partial charge in [-0.25, -0.2) is 8.42 Å². The van der Waals surface area contributed by atoms with Crippen LogP contribution >= 0.6 is 23.2 Å². The van der Waals surface area contributed by atoms with E-state index in [0.29, 0.717) is 10.7 Å². The van der Waals surface area contributed by atoms with Gasteiger partial charge in [0.25, 0.3) is 5.91 Å². The molecule has 22 heavy (non-hydrogen) atoms. The van der Waals surface area contributed by atoms with Crippen LogP contribution in [0.1, 0.15) is 15.9 Å². The largest absolute Gasteiger partial charge is 0.322 e. The Morgan fingerprint density at radius 1 is 1.09 bits per heavy atom. The van der Waals surface area contributed by atoms with E-state index in [1.807, 2.05) is 6.92 Å². The predicted molar refractivity (Wildman–Crippen MR) is 88.7 cm³/mol. The van der Waals surface area contributed by atoms with Gasteiger partial charge in [0.15, 0.2) is 9.84 Å². The molecule has 2 aromatic rings. The van der Waals surface area contributed by atoms with Crippen LogP contribution in [-0.2, 0) is 9.84 Å². The number of hydrogen-bond acceptors (Lipinski definition) is 3. The van der Waals surface area contributed by atoms with E-state index in [2.05, 4.69) is 5.32 Å². The van der Waals surface area contributed by atoms with Gasteiger partial charge in [0.1, 0.15) is 0 Å². The first kappa shape index (κ1) is 16.8. The number of carbonyl (C=O) groups is 1. The quantitative estimate of drug-likeness (QED) is 0.903. The normalized spacial score (nSPS) is 11.3. The topological polar surface area (TPSA) is 63.2 Å². The Morgan fingerprint density at radius 3 is 2.41 bits per heavy atom. The van der Waals surface area contributed by atoms with Crippen LogP contribution < -0.4 is 5.32 Å². The summed E-state index contributed by atoms with van der Waals surface area (Å²) in [5.74, 6) is -0.438. The second kappa shape index (κ2) is 6.28. The third kappa shape index (κ3) is 3.80. The van der Waals surface area contributed by atoms with Gasteiger partial charge in [-0.2, -0.15) is 0 Å². The zero-order chi connectivity index (χ0) is 16.5. The van der Waals surface area contributed by atoms with Gasteiger partial charge in [-0.05, 0) is 42.8 Å². The number of anilines is 1. The first-order valence-corrected chi connectivity index (χ1v) is 8.90. The number of rotatable bonds is 3. The fourth-order valence-electron chi connectivity index (χ4n) is 1.85. The molecule has 0 radical (unpaired) electrons. The van der Waals surface area contributed by atoms with Gasteiger partial charge in [-0.15, -0.1) is 0 Å². The molecule has 1 amide bonds. The molecule has 116 valence electrons. The number of halogens is 2. The number of nitrogens with one attached hydrogen (secondary N) is 1. The van der Waals surface area contributed by atoms with E-state index >= 15 is 0 Å². The summed E-state index contributed by atoms with van der Waals surface area (Å²) in [6.07, 6.45) is 1.04. The van der Waals surface area contributed by atoms with Gasteiger partial charge in [-0.3, -0.25) is 4.79 Å². The molecule has 1 N–H and O–H groups in total. The summed E-state index contributed by atoms with van der Waals surface area (Å²) in [5, 5.41) is 3.28. The van der Waals surface area contributed by atoms with E-state index < -0.39 is 15.7 Å². The molecule has 4 nitrogen and oxygen atoms in total. The van der Waals surface area contributed by atoms with Gasteiger partial charge < -0.3 is 5.32 Å². The van der Waals surface area contributed by atoms with Crippen molar-refractivity contribution in [3.63, 3.8) is 0 Å². The van der Waals surface area contributed by atoms with E-state index in [0.717, 1.165) is 11.8 Å². The van der Waals surface area contributed by atoms with E-state index in [9.17, 15) is 13.2 Å². The Hall–Kier alpha value is -1.56. The third-order valence-electron chi connectivity index (χ3n) is 3.04. The SMILES string of the molecule is Cc1ccc(Cl)cc1NC(=O)c1ccc(Cl)c(S(C)(=O)=O)c1. The summed E-state index contributed by atoms with van der Waals surface area (Å²) in [7, 11) is -3.51. The smallest absolute Gasteiger partial charge is 0.255 e. The van der Waals surface area contributed by atoms with E-state index in [1.54, 1.807) is 18.2 Å². The second-order valence-corrected chi connectivity index (χ2v) is 7.66. The Labute approximate surface area is 139 Å². The molecule has 7 heteroatoms. The highest BCUT2D eigenvalue weighted by Crippen LogP contribution is 2.24. The fraction of sp³-hybridized carbons (Fsp3) is 0.133. The molecule has 0 aromatic heterocycles. The van der Waals surface area contributed by atoms with Crippen molar-refractivity contribution < 1.29 is 13.2 Å². The number of amides is 1. The lowest BCUT2D eigenvalue weighted by Crippen LogP contribution is -2.13. The minimum Gasteiger partial charge on any atom is -0.322 e. The summed E-state index contributed by atoms with van der Waals surface area (Å²) in [4.78, 5) is 12.2. The van der Waals surface area contributed by atoms with Crippen LogP contribution in [0.15, 0.2) is 41.3 Å². The molecule has 2 aromatic carbocycles. The standard InChI is InChI=1S/C15H13Cl2NO3S/c1-9-3-5-11(16)8-13(9)18-15(19)10-4-6-12(17)14(7-10)22(2,20)21/h3-8H,1-2H3,(H,18,19). The van der Waals surface area contributed by atoms with Gasteiger partial charge in [0.2, 0.25) is 0 Å². The zero-order valence-corrected chi connectivity index (χ0v) is 14.2. The van der Waals surface area contributed by atoms with Gasteiger partial charge in [0.05, 0.1) is 9.92 Å². The fourth-order valence-corrected chi connectivity index (χ4v) is 3.33. The average molecular weight is 358 g/mol. The molecule has 0 fully saturated rings. The highest BCUT2D eigenvalue weighted by Gasteiger charge is 2.16. The molecule has 0 aliphatic rings. The summed E-state index contributed by atoms with van der Waals surface area (Å²) in [6.45, 7) is 1.83. The van der Waals surface area contributed by atoms with Gasteiger partial charge in [0, 0.05) is 22.5 Å². The van der Waals surface area contributed by atoms with Crippen LogP contribution in [0, 0.1) is 6.92 Å². The van der Waals surface area contributed by atoms with Gasteiger partial charge in [-0.1, -0.05) is 29.3 Å². The molecular formula is C15H13Cl2NO3S. The predicted octanol–water partition coefficient (Wildman–Crippen LogP) is 3.96. The van der Waals surface area contributed by atoms with Crippen molar-refractivity contribution >= 4 is 44.6 Å². The lowest BCUT2D eigenvalue weighted by atomic mass is 10.1. The van der Waals surface area contributed by atoms with Gasteiger partial charge >= 0.3 is 0 Å². The Morgan fingerprint density at radius 2 is 1.77 bits per heavy atom. The second-order valence-electron chi connectivity index (χ2n) is 4.83. The number of hydrogen-bond donors (Lipinski definition) is 1. The monoisotopic (exact) mass is 357 g/mol. The van der Waals surface area contributed by atoms with Crippen molar-refractivity contribution in [2.24, 2.45) is 0 Å². The molecule has 0 aliphatic heterocycles. The molecule has 0 atom stereocenters. The lowest BCUT2D eigenvalue weighted by molar-refractivity contribution is 0.102. The summed E-state index contributed by atoms with van der Waals surface area (Å²) < 4.78 is 23.3. The minimum absolute atomic E-state index is 0.0790. The number of carbonyl (C=O) groups excluding carboxylic acids is 1. The maximum absolute atomic E-state index is 12.3. The minimum atomic E-state index is -3.51. The Bertz CT molecular complexity index is 848. The van der Waals surface area contributed by atoms with Crippen LogP contribution in [0.2, 0.25) is 10.0 Å². The summed E-state index contributed by atoms with van der Waals surface area (Å²) in [5.41, 5.74) is 1.60. The van der Waals surface area contributed by atoms with Crippen molar-refractivity contribution in [2.45, 2.75) is 11.8 Å². The summed E-state index contributed by atoms with van der Waals surface area (Å²) in [6, 6.07) is 9.23. The van der Waals surface area contributed by atoms with Crippen LogP contribution in [0.4, 0.5) is 5.69 Å². The molecule has 0 saturated heterocycles. The first-order chi connectivity index (χ1) is 10.2. The van der Waals surface area contributed by atoms with E-state index in [1.165, 1.54) is 18.2 Å². The zero-order valence-electron chi connectivity index (χ0n) is 11.9. The van der Waals surface area contributed by atoms with Crippen LogP contribution in [-0.4, -0.2) is 20.6 Å². The number of aryl methyl sites for hydroxylation is 1. The van der Waals surface area contributed by atoms with Crippen molar-refractivity contribution in [2.75, 3.05) is 11.6 Å². The molecule has 0 saturated carbocycles. The number of sulfone groups is 1. The third-order valence-corrected chi connectivity index (χ3v) is 4.85. The molecule has 0 unspecified atom stereocenters. The maximum Gasteiger partial charge on any atom is 0.255 e. The van der Waals surface area contributed by atoms with E-state index in [4.69, 9.17) is 23.2 Å². The van der Waals surface area contributed by atoms with Crippen molar-refractivity contribution in [3.8, 4) is 0 Å². The van der Waals surface area contributed by atoms with Crippen LogP contribution in [0.5, 0.6) is 0 Å². The van der Waals surface area contributed by atoms with Crippen molar-refractivity contribution in [3.05, 3.63) is 57.6 Å². The molecule has 0 heterocycles. The van der Waals surface area contributed by atoms with E-state index in [-0.39, 0.29) is 15.5 Å². The Kier molecular flexibility index (Phi) is 4.80. The number of benzene rings is 2. The highest BCUT2D eigenvalue weighted by molar-refractivity contribution is 7.90. The van der Waals surface area contributed by atoms with Crippen LogP contribution in [0.3, 0.4) is 0 Å². The maximum atomic E-state index is 12.3. The highest BCUT2D eigenvalue weighted by atomic mass is 35.5. The molecule has 0 spiro atoms. The molecule has 0 bridgehead atoms. The van der Waals surface area contributed by atoms with Crippen molar-refractivity contribution in [1.82, 2.24) is 0 Å². The lowest BCUT2D eigenvalue weighted by Gasteiger charge is -2.10. The van der Waals surface area contributed by atoms with Crippen LogP contribution in [0.25, 0.3) is 0 Å².